The molecular formula is C33H24N2O2. The summed E-state index contributed by atoms with van der Waals surface area (Å²) in [6.45, 7) is 0.213. The molecule has 37 heavy (non-hydrogen) atoms. The number of hydrogen-bond donors (Lipinski definition) is 1. The second-order valence-corrected chi connectivity index (χ2v) is 8.87. The van der Waals surface area contributed by atoms with Crippen LogP contribution in [0.3, 0.4) is 0 Å². The van der Waals surface area contributed by atoms with Gasteiger partial charge in [0.1, 0.15) is 6.61 Å². The lowest BCUT2D eigenvalue weighted by Gasteiger charge is -2.13. The molecule has 4 heteroatoms. The summed E-state index contributed by atoms with van der Waals surface area (Å²) in [6.07, 6.45) is -0.500. The van der Waals surface area contributed by atoms with Crippen LogP contribution in [0.15, 0.2) is 127 Å². The molecular weight excluding hydrogens is 456 g/mol. The summed E-state index contributed by atoms with van der Waals surface area (Å²) in [5.74, 6) is 0. The number of rotatable bonds is 5. The third-order valence-corrected chi connectivity index (χ3v) is 6.41. The molecule has 5 aromatic carbocycles. The highest BCUT2D eigenvalue weighted by molar-refractivity contribution is 6.12. The maximum atomic E-state index is 12.4. The van der Waals surface area contributed by atoms with E-state index in [1.807, 2.05) is 72.8 Å². The van der Waals surface area contributed by atoms with Gasteiger partial charge in [0, 0.05) is 22.0 Å². The number of fused-ring (bicyclic) bond motifs is 3. The Hall–Kier alpha value is -4.96. The van der Waals surface area contributed by atoms with Crippen molar-refractivity contribution in [3.8, 4) is 22.4 Å². The van der Waals surface area contributed by atoms with Crippen LogP contribution in [0.4, 0.5) is 10.5 Å². The van der Waals surface area contributed by atoms with Gasteiger partial charge in [-0.25, -0.2) is 9.78 Å². The van der Waals surface area contributed by atoms with E-state index in [-0.39, 0.29) is 6.61 Å². The van der Waals surface area contributed by atoms with Gasteiger partial charge in [-0.3, -0.25) is 5.32 Å². The van der Waals surface area contributed by atoms with Gasteiger partial charge in [0.2, 0.25) is 0 Å². The number of pyridine rings is 1. The third kappa shape index (κ3) is 4.78. The van der Waals surface area contributed by atoms with E-state index >= 15 is 0 Å². The Morgan fingerprint density at radius 2 is 1.27 bits per heavy atom. The van der Waals surface area contributed by atoms with Crippen molar-refractivity contribution < 1.29 is 9.53 Å². The number of carbonyl (C=O) groups excluding carboxylic acids is 1. The Balaban J connectivity index is 1.39. The van der Waals surface area contributed by atoms with E-state index in [4.69, 9.17) is 9.72 Å². The Kier molecular flexibility index (Phi) is 6.05. The summed E-state index contributed by atoms with van der Waals surface area (Å²) >= 11 is 0. The van der Waals surface area contributed by atoms with Crippen molar-refractivity contribution in [2.45, 2.75) is 6.61 Å². The Morgan fingerprint density at radius 1 is 0.622 bits per heavy atom. The molecule has 0 aliphatic heterocycles. The van der Waals surface area contributed by atoms with Gasteiger partial charge in [0.25, 0.3) is 0 Å². The van der Waals surface area contributed by atoms with Crippen LogP contribution in [0.2, 0.25) is 0 Å². The van der Waals surface area contributed by atoms with Crippen LogP contribution in [0.1, 0.15) is 5.56 Å². The Labute approximate surface area is 215 Å². The highest BCUT2D eigenvalue weighted by Crippen LogP contribution is 2.36. The van der Waals surface area contributed by atoms with E-state index < -0.39 is 6.09 Å². The molecule has 0 fully saturated rings. The molecule has 1 N–H and O–H groups in total. The van der Waals surface area contributed by atoms with Crippen LogP contribution >= 0.6 is 0 Å². The normalized spacial score (nSPS) is 10.9. The number of aromatic nitrogens is 1. The van der Waals surface area contributed by atoms with Crippen molar-refractivity contribution in [1.82, 2.24) is 4.98 Å². The molecule has 0 unspecified atom stereocenters. The largest absolute Gasteiger partial charge is 0.444 e. The van der Waals surface area contributed by atoms with E-state index in [0.29, 0.717) is 5.69 Å². The van der Waals surface area contributed by atoms with Crippen molar-refractivity contribution >= 4 is 33.5 Å². The fourth-order valence-corrected chi connectivity index (χ4v) is 4.59. The zero-order valence-electron chi connectivity index (χ0n) is 20.1. The van der Waals surface area contributed by atoms with Gasteiger partial charge in [-0.2, -0.15) is 0 Å². The van der Waals surface area contributed by atoms with Crippen LogP contribution in [0.5, 0.6) is 0 Å². The van der Waals surface area contributed by atoms with E-state index in [2.05, 4.69) is 59.9 Å². The van der Waals surface area contributed by atoms with Gasteiger partial charge in [-0.15, -0.1) is 0 Å². The van der Waals surface area contributed by atoms with E-state index in [1.165, 1.54) is 0 Å². The highest BCUT2D eigenvalue weighted by atomic mass is 16.5. The minimum Gasteiger partial charge on any atom is -0.444 e. The molecule has 1 heterocycles. The zero-order valence-corrected chi connectivity index (χ0v) is 20.1. The maximum Gasteiger partial charge on any atom is 0.411 e. The molecule has 6 aromatic rings. The minimum atomic E-state index is -0.500. The average Bonchev–Trinajstić information content (AvgIpc) is 2.97. The second kappa shape index (κ2) is 9.96. The lowest BCUT2D eigenvalue weighted by molar-refractivity contribution is 0.155. The van der Waals surface area contributed by atoms with Gasteiger partial charge in [0.05, 0.1) is 11.2 Å². The first-order chi connectivity index (χ1) is 18.2. The van der Waals surface area contributed by atoms with Gasteiger partial charge < -0.3 is 4.74 Å². The lowest BCUT2D eigenvalue weighted by atomic mass is 9.96. The third-order valence-electron chi connectivity index (χ3n) is 6.41. The Bertz CT molecular complexity index is 1700. The summed E-state index contributed by atoms with van der Waals surface area (Å²) in [5, 5.41) is 6.07. The molecule has 0 saturated carbocycles. The molecule has 0 bridgehead atoms. The van der Waals surface area contributed by atoms with Crippen molar-refractivity contribution in [2.24, 2.45) is 0 Å². The van der Waals surface area contributed by atoms with Gasteiger partial charge in [-0.05, 0) is 40.3 Å². The molecule has 0 aliphatic carbocycles. The molecule has 6 rings (SSSR count). The summed E-state index contributed by atoms with van der Waals surface area (Å²) in [5.41, 5.74) is 6.64. The van der Waals surface area contributed by atoms with Crippen LogP contribution in [0.25, 0.3) is 44.1 Å². The Morgan fingerprint density at radius 3 is 2.00 bits per heavy atom. The van der Waals surface area contributed by atoms with Crippen molar-refractivity contribution in [1.29, 1.82) is 0 Å². The standard InChI is InChI=1S/C33H24N2O2/c36-33(37-22-23-10-4-1-5-11-23)34-27-17-19-29-28-18-16-26(24-12-6-2-7-13-24)20-30(28)32(35-31(29)21-27)25-14-8-3-9-15-25/h1-21H,22H2,(H,34,36). The second-order valence-electron chi connectivity index (χ2n) is 8.87. The first-order valence-corrected chi connectivity index (χ1v) is 12.2. The number of benzene rings is 5. The quantitative estimate of drug-likeness (QED) is 0.252. The number of nitrogens with one attached hydrogen (secondary N) is 1. The number of anilines is 1. The van der Waals surface area contributed by atoms with Crippen LogP contribution in [-0.2, 0) is 11.3 Å². The number of nitrogens with zero attached hydrogens (tertiary/aromatic N) is 1. The average molecular weight is 481 g/mol. The molecule has 1 amide bonds. The summed E-state index contributed by atoms with van der Waals surface area (Å²) < 4.78 is 5.39. The first-order valence-electron chi connectivity index (χ1n) is 12.2. The number of amides is 1. The smallest absolute Gasteiger partial charge is 0.411 e. The molecule has 1 aromatic heterocycles. The maximum absolute atomic E-state index is 12.4. The number of ether oxygens (including phenoxy) is 1. The number of hydrogen-bond acceptors (Lipinski definition) is 3. The van der Waals surface area contributed by atoms with E-state index in [9.17, 15) is 4.79 Å². The molecule has 0 atom stereocenters. The van der Waals surface area contributed by atoms with Crippen LogP contribution in [-0.4, -0.2) is 11.1 Å². The van der Waals surface area contributed by atoms with E-state index in [1.54, 1.807) is 0 Å². The zero-order chi connectivity index (χ0) is 25.0. The van der Waals surface area contributed by atoms with Crippen LogP contribution in [0, 0.1) is 0 Å². The molecule has 0 radical (unpaired) electrons. The topological polar surface area (TPSA) is 51.2 Å². The lowest BCUT2D eigenvalue weighted by Crippen LogP contribution is -2.13. The predicted octanol–water partition coefficient (Wildman–Crippen LogP) is 8.47. The molecule has 4 nitrogen and oxygen atoms in total. The monoisotopic (exact) mass is 480 g/mol. The van der Waals surface area contributed by atoms with Crippen molar-refractivity contribution in [2.75, 3.05) is 5.32 Å². The summed E-state index contributed by atoms with van der Waals surface area (Å²) in [7, 11) is 0. The van der Waals surface area contributed by atoms with Gasteiger partial charge in [-0.1, -0.05) is 109 Å². The van der Waals surface area contributed by atoms with Crippen molar-refractivity contribution in [3.63, 3.8) is 0 Å². The fourth-order valence-electron chi connectivity index (χ4n) is 4.59. The highest BCUT2D eigenvalue weighted by Gasteiger charge is 2.13. The summed E-state index contributed by atoms with van der Waals surface area (Å²) in [6, 6.07) is 42.5. The SMILES string of the molecule is O=C(Nc1ccc2c(c1)nc(-c1ccccc1)c1cc(-c3ccccc3)ccc12)OCc1ccccc1. The van der Waals surface area contributed by atoms with Crippen molar-refractivity contribution in [3.05, 3.63) is 133 Å². The minimum absolute atomic E-state index is 0.213. The summed E-state index contributed by atoms with van der Waals surface area (Å²) in [4.78, 5) is 17.5. The molecule has 178 valence electrons. The molecule has 0 aliphatic rings. The first kappa shape index (κ1) is 22.5. The molecule has 0 spiro atoms. The van der Waals surface area contributed by atoms with Crippen LogP contribution < -0.4 is 5.32 Å². The number of carbonyl (C=O) groups is 1. The van der Waals surface area contributed by atoms with Gasteiger partial charge in [0.15, 0.2) is 0 Å². The van der Waals surface area contributed by atoms with E-state index in [0.717, 1.165) is 49.6 Å². The molecule has 0 saturated heterocycles. The van der Waals surface area contributed by atoms with Gasteiger partial charge >= 0.3 is 6.09 Å². The fraction of sp³-hybridized carbons (Fsp3) is 0.0303. The predicted molar refractivity (Wildman–Crippen MR) is 150 cm³/mol.